The number of anilines is 1. The highest BCUT2D eigenvalue weighted by Gasteiger charge is 2.04. The summed E-state index contributed by atoms with van der Waals surface area (Å²) in [5.74, 6) is -0.964. The van der Waals surface area contributed by atoms with Crippen LogP contribution in [0.5, 0.6) is 0 Å². The van der Waals surface area contributed by atoms with Crippen molar-refractivity contribution in [2.75, 3.05) is 5.32 Å². The van der Waals surface area contributed by atoms with Crippen LogP contribution >= 0.6 is 0 Å². The number of carbonyl (C=O) groups is 2. The zero-order chi connectivity index (χ0) is 16.9. The first-order chi connectivity index (χ1) is 11.1. The molecule has 0 aliphatic heterocycles. The summed E-state index contributed by atoms with van der Waals surface area (Å²) >= 11 is 0. The minimum atomic E-state index is -0.961. The van der Waals surface area contributed by atoms with Crippen LogP contribution < -0.4 is 5.32 Å². The van der Waals surface area contributed by atoms with Crippen molar-refractivity contribution in [2.24, 2.45) is 0 Å². The number of carboxylic acid groups (broad SMARTS) is 1. The summed E-state index contributed by atoms with van der Waals surface area (Å²) in [4.78, 5) is 22.6. The molecule has 0 saturated carbocycles. The molecule has 0 unspecified atom stereocenters. The minimum Gasteiger partial charge on any atom is -0.478 e. The molecule has 23 heavy (non-hydrogen) atoms. The van der Waals surface area contributed by atoms with Crippen molar-refractivity contribution in [3.63, 3.8) is 0 Å². The third-order valence-electron chi connectivity index (χ3n) is 3.92. The zero-order valence-corrected chi connectivity index (χ0v) is 14.1. The minimum absolute atomic E-state index is 0.00368. The Balaban J connectivity index is 2.07. The number of aromatic carboxylic acids is 1. The second-order valence-electron chi connectivity index (χ2n) is 6.01. The second kappa shape index (κ2) is 11.7. The van der Waals surface area contributed by atoms with Crippen LogP contribution in [0.2, 0.25) is 0 Å². The average Bonchev–Trinajstić information content (AvgIpc) is 2.54. The normalized spacial score (nSPS) is 10.5. The Morgan fingerprint density at radius 2 is 1.39 bits per heavy atom. The van der Waals surface area contributed by atoms with Gasteiger partial charge in [-0.2, -0.15) is 0 Å². The third kappa shape index (κ3) is 9.01. The zero-order valence-electron chi connectivity index (χ0n) is 14.1. The van der Waals surface area contributed by atoms with E-state index in [4.69, 9.17) is 5.11 Å². The molecule has 4 heteroatoms. The Morgan fingerprint density at radius 1 is 0.870 bits per heavy atom. The van der Waals surface area contributed by atoms with E-state index in [-0.39, 0.29) is 11.5 Å². The van der Waals surface area contributed by atoms with Crippen molar-refractivity contribution in [1.29, 1.82) is 0 Å². The van der Waals surface area contributed by atoms with Crippen LogP contribution in [0.3, 0.4) is 0 Å². The molecule has 1 amide bonds. The second-order valence-corrected chi connectivity index (χ2v) is 6.01. The summed E-state index contributed by atoms with van der Waals surface area (Å²) in [7, 11) is 0. The van der Waals surface area contributed by atoms with Crippen LogP contribution in [0.4, 0.5) is 5.69 Å². The van der Waals surface area contributed by atoms with Gasteiger partial charge in [0.15, 0.2) is 0 Å². The lowest BCUT2D eigenvalue weighted by Gasteiger charge is -2.06. The summed E-state index contributed by atoms with van der Waals surface area (Å²) in [6.45, 7) is 2.23. The average molecular weight is 319 g/mol. The van der Waals surface area contributed by atoms with Gasteiger partial charge in [0.2, 0.25) is 5.91 Å². The maximum atomic E-state index is 11.8. The van der Waals surface area contributed by atoms with Gasteiger partial charge >= 0.3 is 5.97 Å². The SMILES string of the molecule is CCCCCCCCCCCC(=O)Nc1ccc(C(=O)O)cc1. The lowest BCUT2D eigenvalue weighted by Crippen LogP contribution is -2.11. The molecule has 0 saturated heterocycles. The van der Waals surface area contributed by atoms with E-state index in [1.807, 2.05) is 0 Å². The molecule has 1 aromatic rings. The smallest absolute Gasteiger partial charge is 0.335 e. The van der Waals surface area contributed by atoms with Gasteiger partial charge < -0.3 is 10.4 Å². The summed E-state index contributed by atoms with van der Waals surface area (Å²) in [5.41, 5.74) is 0.873. The van der Waals surface area contributed by atoms with Gasteiger partial charge in [0.05, 0.1) is 5.56 Å². The van der Waals surface area contributed by atoms with Gasteiger partial charge in [0, 0.05) is 12.1 Å². The molecule has 0 bridgehead atoms. The van der Waals surface area contributed by atoms with E-state index >= 15 is 0 Å². The molecule has 0 aliphatic rings. The number of hydrogen-bond donors (Lipinski definition) is 2. The number of carbonyl (C=O) groups excluding carboxylic acids is 1. The van der Waals surface area contributed by atoms with Crippen molar-refractivity contribution < 1.29 is 14.7 Å². The Bertz CT molecular complexity index is 468. The Morgan fingerprint density at radius 3 is 1.91 bits per heavy atom. The van der Waals surface area contributed by atoms with E-state index in [1.165, 1.54) is 57.1 Å². The molecule has 128 valence electrons. The first kappa shape index (κ1) is 19.2. The molecule has 2 N–H and O–H groups in total. The first-order valence-corrected chi connectivity index (χ1v) is 8.76. The van der Waals surface area contributed by atoms with E-state index in [0.29, 0.717) is 12.1 Å². The largest absolute Gasteiger partial charge is 0.478 e. The predicted molar refractivity (Wildman–Crippen MR) is 93.9 cm³/mol. The number of nitrogens with one attached hydrogen (secondary N) is 1. The fourth-order valence-electron chi connectivity index (χ4n) is 2.52. The number of amides is 1. The molecule has 0 aliphatic carbocycles. The molecule has 1 rings (SSSR count). The maximum absolute atomic E-state index is 11.8. The molecule has 0 aromatic heterocycles. The molecule has 0 spiro atoms. The lowest BCUT2D eigenvalue weighted by atomic mass is 10.1. The third-order valence-corrected chi connectivity index (χ3v) is 3.92. The van der Waals surface area contributed by atoms with E-state index in [1.54, 1.807) is 12.1 Å². The van der Waals surface area contributed by atoms with Gasteiger partial charge in [-0.1, -0.05) is 58.3 Å². The summed E-state index contributed by atoms with van der Waals surface area (Å²) in [5, 5.41) is 11.6. The van der Waals surface area contributed by atoms with Crippen LogP contribution in [0.25, 0.3) is 0 Å². The number of hydrogen-bond acceptors (Lipinski definition) is 2. The van der Waals surface area contributed by atoms with Crippen molar-refractivity contribution in [1.82, 2.24) is 0 Å². The van der Waals surface area contributed by atoms with Crippen molar-refractivity contribution >= 4 is 17.6 Å². The standard InChI is InChI=1S/C19H29NO3/c1-2-3-4-5-6-7-8-9-10-11-18(21)20-17-14-12-16(13-15-17)19(22)23/h12-15H,2-11H2,1H3,(H,20,21)(H,22,23). The topological polar surface area (TPSA) is 66.4 Å². The quantitative estimate of drug-likeness (QED) is 0.517. The lowest BCUT2D eigenvalue weighted by molar-refractivity contribution is -0.116. The molecule has 0 heterocycles. The first-order valence-electron chi connectivity index (χ1n) is 8.76. The highest BCUT2D eigenvalue weighted by Crippen LogP contribution is 2.13. The number of benzene rings is 1. The van der Waals surface area contributed by atoms with Crippen LogP contribution in [0, 0.1) is 0 Å². The van der Waals surface area contributed by atoms with Gasteiger partial charge in [-0.05, 0) is 30.7 Å². The van der Waals surface area contributed by atoms with Crippen LogP contribution in [0.1, 0.15) is 81.5 Å². The molecule has 4 nitrogen and oxygen atoms in total. The fourth-order valence-corrected chi connectivity index (χ4v) is 2.52. The van der Waals surface area contributed by atoms with Crippen molar-refractivity contribution in [2.45, 2.75) is 71.1 Å². The molecular weight excluding hydrogens is 290 g/mol. The van der Waals surface area contributed by atoms with E-state index in [0.717, 1.165) is 12.8 Å². The van der Waals surface area contributed by atoms with E-state index in [2.05, 4.69) is 12.2 Å². The van der Waals surface area contributed by atoms with Crippen molar-refractivity contribution in [3.05, 3.63) is 29.8 Å². The fraction of sp³-hybridized carbons (Fsp3) is 0.579. The molecule has 1 aromatic carbocycles. The maximum Gasteiger partial charge on any atom is 0.335 e. The summed E-state index contributed by atoms with van der Waals surface area (Å²) < 4.78 is 0. The van der Waals surface area contributed by atoms with Crippen LogP contribution in [0.15, 0.2) is 24.3 Å². The number of unbranched alkanes of at least 4 members (excludes halogenated alkanes) is 8. The Hall–Kier alpha value is -1.84. The van der Waals surface area contributed by atoms with Gasteiger partial charge in [-0.15, -0.1) is 0 Å². The number of carboxylic acids is 1. The molecule has 0 radical (unpaired) electrons. The predicted octanol–water partition coefficient (Wildman–Crippen LogP) is 5.24. The Labute approximate surface area is 139 Å². The highest BCUT2D eigenvalue weighted by molar-refractivity contribution is 5.92. The van der Waals surface area contributed by atoms with Gasteiger partial charge in [0.25, 0.3) is 0 Å². The Kier molecular flexibility index (Phi) is 9.76. The van der Waals surface area contributed by atoms with Crippen LogP contribution in [-0.2, 0) is 4.79 Å². The van der Waals surface area contributed by atoms with Crippen LogP contribution in [-0.4, -0.2) is 17.0 Å². The van der Waals surface area contributed by atoms with Gasteiger partial charge in [-0.3, -0.25) is 4.79 Å². The van der Waals surface area contributed by atoms with E-state index < -0.39 is 5.97 Å². The van der Waals surface area contributed by atoms with Gasteiger partial charge in [0.1, 0.15) is 0 Å². The van der Waals surface area contributed by atoms with Gasteiger partial charge in [-0.25, -0.2) is 4.79 Å². The highest BCUT2D eigenvalue weighted by atomic mass is 16.4. The van der Waals surface area contributed by atoms with Crippen molar-refractivity contribution in [3.8, 4) is 0 Å². The number of rotatable bonds is 12. The molecule has 0 atom stereocenters. The molecular formula is C19H29NO3. The molecule has 0 fully saturated rings. The monoisotopic (exact) mass is 319 g/mol. The van der Waals surface area contributed by atoms with E-state index in [9.17, 15) is 9.59 Å². The summed E-state index contributed by atoms with van der Waals surface area (Å²) in [6.07, 6.45) is 11.6. The summed E-state index contributed by atoms with van der Waals surface area (Å²) in [6, 6.07) is 6.24.